The third-order valence-corrected chi connectivity index (χ3v) is 2.82. The number of ether oxygens (including phenoxy) is 1. The normalized spacial score (nSPS) is 17.4. The Bertz CT molecular complexity index is 317. The summed E-state index contributed by atoms with van der Waals surface area (Å²) in [6.07, 6.45) is 0.00695. The maximum Gasteiger partial charge on any atom is 0.134 e. The second-order valence-electron chi connectivity index (χ2n) is 4.81. The first kappa shape index (κ1) is 13.3. The maximum atomic E-state index is 5.95. The lowest BCUT2D eigenvalue weighted by Gasteiger charge is -2.25. The van der Waals surface area contributed by atoms with Crippen LogP contribution in [-0.4, -0.2) is 12.1 Å². The summed E-state index contributed by atoms with van der Waals surface area (Å²) in [6.45, 7) is 10.2. The molecule has 0 fully saturated rings. The van der Waals surface area contributed by atoms with Crippen molar-refractivity contribution in [1.29, 1.82) is 0 Å². The summed E-state index contributed by atoms with van der Waals surface area (Å²) in [6, 6.07) is 3.80. The predicted molar refractivity (Wildman–Crippen MR) is 65.2 cm³/mol. The number of furan rings is 1. The number of aryl methyl sites for hydroxylation is 1. The van der Waals surface area contributed by atoms with Crippen LogP contribution in [0.5, 0.6) is 0 Å². The Morgan fingerprint density at radius 1 is 1.19 bits per heavy atom. The molecule has 1 aromatic heterocycles. The molecule has 3 atom stereocenters. The molecule has 3 unspecified atom stereocenters. The Morgan fingerprint density at radius 3 is 2.19 bits per heavy atom. The van der Waals surface area contributed by atoms with Crippen molar-refractivity contribution in [2.75, 3.05) is 0 Å². The van der Waals surface area contributed by atoms with Crippen LogP contribution in [-0.2, 0) is 4.74 Å². The van der Waals surface area contributed by atoms with Gasteiger partial charge in [0.15, 0.2) is 0 Å². The molecule has 0 aliphatic rings. The van der Waals surface area contributed by atoms with Crippen molar-refractivity contribution in [3.8, 4) is 0 Å². The van der Waals surface area contributed by atoms with E-state index in [9.17, 15) is 0 Å². The van der Waals surface area contributed by atoms with Gasteiger partial charge in [0, 0.05) is 6.04 Å². The topological polar surface area (TPSA) is 48.4 Å². The molecule has 0 aliphatic heterocycles. The Morgan fingerprint density at radius 2 is 1.81 bits per heavy atom. The van der Waals surface area contributed by atoms with E-state index in [-0.39, 0.29) is 18.2 Å². The Labute approximate surface area is 98.0 Å². The summed E-state index contributed by atoms with van der Waals surface area (Å²) in [5.74, 6) is 2.18. The van der Waals surface area contributed by atoms with E-state index < -0.39 is 0 Å². The van der Waals surface area contributed by atoms with Crippen LogP contribution in [0, 0.1) is 12.8 Å². The molecule has 1 rings (SSSR count). The predicted octanol–water partition coefficient (Wildman–Crippen LogP) is 3.04. The van der Waals surface area contributed by atoms with E-state index in [1.54, 1.807) is 0 Å². The fraction of sp³-hybridized carbons (Fsp3) is 0.692. The number of rotatable bonds is 5. The van der Waals surface area contributed by atoms with Crippen molar-refractivity contribution in [3.05, 3.63) is 23.7 Å². The van der Waals surface area contributed by atoms with E-state index >= 15 is 0 Å². The smallest absolute Gasteiger partial charge is 0.134 e. The molecule has 3 heteroatoms. The average Bonchev–Trinajstić information content (AvgIpc) is 2.59. The van der Waals surface area contributed by atoms with E-state index in [0.29, 0.717) is 5.92 Å². The number of hydrogen-bond donors (Lipinski definition) is 1. The molecular formula is C13H23NO2. The molecule has 0 radical (unpaired) electrons. The van der Waals surface area contributed by atoms with E-state index in [2.05, 4.69) is 20.8 Å². The van der Waals surface area contributed by atoms with E-state index in [4.69, 9.17) is 14.9 Å². The van der Waals surface area contributed by atoms with E-state index in [1.807, 2.05) is 26.0 Å². The van der Waals surface area contributed by atoms with Crippen LogP contribution in [0.15, 0.2) is 16.5 Å². The summed E-state index contributed by atoms with van der Waals surface area (Å²) >= 11 is 0. The molecule has 0 aliphatic carbocycles. The van der Waals surface area contributed by atoms with Crippen LogP contribution in [0.25, 0.3) is 0 Å². The SMILES string of the molecule is Cc1ccc(C(OC(C)C(C)C)C(C)N)o1. The Hall–Kier alpha value is -0.800. The van der Waals surface area contributed by atoms with Crippen molar-refractivity contribution in [3.63, 3.8) is 0 Å². The molecule has 0 aromatic carbocycles. The van der Waals surface area contributed by atoms with Gasteiger partial charge in [-0.25, -0.2) is 0 Å². The minimum atomic E-state index is -0.161. The highest BCUT2D eigenvalue weighted by atomic mass is 16.5. The molecule has 1 heterocycles. The highest BCUT2D eigenvalue weighted by Gasteiger charge is 2.23. The van der Waals surface area contributed by atoms with Crippen molar-refractivity contribution in [2.24, 2.45) is 11.7 Å². The van der Waals surface area contributed by atoms with Crippen LogP contribution in [0.4, 0.5) is 0 Å². The first-order chi connectivity index (χ1) is 7.41. The van der Waals surface area contributed by atoms with Crippen LogP contribution in [0.1, 0.15) is 45.3 Å². The largest absolute Gasteiger partial charge is 0.464 e. The summed E-state index contributed by atoms with van der Waals surface area (Å²) in [5, 5.41) is 0. The van der Waals surface area contributed by atoms with Gasteiger partial charge in [0.1, 0.15) is 17.6 Å². The van der Waals surface area contributed by atoms with Gasteiger partial charge < -0.3 is 14.9 Å². The quantitative estimate of drug-likeness (QED) is 0.838. The van der Waals surface area contributed by atoms with Crippen LogP contribution in [0.3, 0.4) is 0 Å². The van der Waals surface area contributed by atoms with Gasteiger partial charge in [-0.1, -0.05) is 13.8 Å². The van der Waals surface area contributed by atoms with Gasteiger partial charge in [-0.15, -0.1) is 0 Å². The Kier molecular flexibility index (Phi) is 4.56. The summed E-state index contributed by atoms with van der Waals surface area (Å²) < 4.78 is 11.5. The zero-order valence-electron chi connectivity index (χ0n) is 10.9. The standard InChI is InChI=1S/C13H23NO2/c1-8(2)11(5)16-13(10(4)14)12-7-6-9(3)15-12/h6-8,10-11,13H,14H2,1-5H3. The molecular weight excluding hydrogens is 202 g/mol. The molecule has 1 aromatic rings. The van der Waals surface area contributed by atoms with Crippen molar-refractivity contribution in [2.45, 2.75) is 52.9 Å². The summed E-state index contributed by atoms with van der Waals surface area (Å²) in [5.41, 5.74) is 5.94. The lowest BCUT2D eigenvalue weighted by molar-refractivity contribution is -0.0463. The monoisotopic (exact) mass is 225 g/mol. The summed E-state index contributed by atoms with van der Waals surface area (Å²) in [4.78, 5) is 0. The zero-order valence-corrected chi connectivity index (χ0v) is 10.9. The van der Waals surface area contributed by atoms with Gasteiger partial charge in [-0.3, -0.25) is 0 Å². The van der Waals surface area contributed by atoms with Crippen molar-refractivity contribution in [1.82, 2.24) is 0 Å². The first-order valence-electron chi connectivity index (χ1n) is 5.89. The van der Waals surface area contributed by atoms with Gasteiger partial charge in [-0.2, -0.15) is 0 Å². The second-order valence-corrected chi connectivity index (χ2v) is 4.81. The average molecular weight is 225 g/mol. The van der Waals surface area contributed by atoms with Gasteiger partial charge in [0.2, 0.25) is 0 Å². The fourth-order valence-electron chi connectivity index (χ4n) is 1.44. The molecule has 92 valence electrons. The van der Waals surface area contributed by atoms with Crippen LogP contribution in [0.2, 0.25) is 0 Å². The van der Waals surface area contributed by atoms with Gasteiger partial charge >= 0.3 is 0 Å². The van der Waals surface area contributed by atoms with E-state index in [0.717, 1.165) is 11.5 Å². The molecule has 0 bridgehead atoms. The fourth-order valence-corrected chi connectivity index (χ4v) is 1.44. The minimum absolute atomic E-state index is 0.0771. The lowest BCUT2D eigenvalue weighted by Crippen LogP contribution is -2.31. The molecule has 3 nitrogen and oxygen atoms in total. The number of hydrogen-bond acceptors (Lipinski definition) is 3. The van der Waals surface area contributed by atoms with Crippen molar-refractivity contribution < 1.29 is 9.15 Å². The molecule has 0 saturated carbocycles. The van der Waals surface area contributed by atoms with E-state index in [1.165, 1.54) is 0 Å². The van der Waals surface area contributed by atoms with Crippen LogP contribution >= 0.6 is 0 Å². The highest BCUT2D eigenvalue weighted by molar-refractivity contribution is 5.09. The van der Waals surface area contributed by atoms with Gasteiger partial charge in [-0.05, 0) is 38.8 Å². The number of nitrogens with two attached hydrogens (primary N) is 1. The van der Waals surface area contributed by atoms with Gasteiger partial charge in [0.25, 0.3) is 0 Å². The molecule has 0 spiro atoms. The van der Waals surface area contributed by atoms with Gasteiger partial charge in [0.05, 0.1) is 6.10 Å². The second kappa shape index (κ2) is 5.51. The van der Waals surface area contributed by atoms with Crippen molar-refractivity contribution >= 4 is 0 Å². The summed E-state index contributed by atoms with van der Waals surface area (Å²) in [7, 11) is 0. The zero-order chi connectivity index (χ0) is 12.3. The maximum absolute atomic E-state index is 5.95. The molecule has 0 amide bonds. The minimum Gasteiger partial charge on any atom is -0.464 e. The third-order valence-electron chi connectivity index (χ3n) is 2.82. The first-order valence-corrected chi connectivity index (χ1v) is 5.89. The highest BCUT2D eigenvalue weighted by Crippen LogP contribution is 2.25. The third kappa shape index (κ3) is 3.35. The van der Waals surface area contributed by atoms with Crippen LogP contribution < -0.4 is 5.73 Å². The molecule has 0 saturated heterocycles. The molecule has 2 N–H and O–H groups in total. The molecule has 16 heavy (non-hydrogen) atoms. The lowest BCUT2D eigenvalue weighted by atomic mass is 10.1. The Balaban J connectivity index is 2.76.